The van der Waals surface area contributed by atoms with Crippen LogP contribution in [-0.4, -0.2) is 61.9 Å². The number of rotatable bonds is 6. The van der Waals surface area contributed by atoms with E-state index in [1.54, 1.807) is 0 Å². The van der Waals surface area contributed by atoms with E-state index in [4.69, 9.17) is 9.47 Å². The number of nitrogens with one attached hydrogen (secondary N) is 1. The maximum absolute atomic E-state index is 11.8. The number of nitro benzene ring substituents is 1. The normalized spacial score (nSPS) is 15.5. The number of nitrogens with zero attached hydrogens (tertiary/aromatic N) is 3. The summed E-state index contributed by atoms with van der Waals surface area (Å²) in [5.41, 5.74) is 2.73. The highest BCUT2D eigenvalue weighted by Gasteiger charge is 2.14. The number of hydrogen-bond donors (Lipinski definition) is 1. The third-order valence-corrected chi connectivity index (χ3v) is 3.29. The number of non-ortho nitro benzene ring substituents is 1. The van der Waals surface area contributed by atoms with Crippen molar-refractivity contribution in [3.63, 3.8) is 0 Å². The van der Waals surface area contributed by atoms with Crippen LogP contribution in [0.5, 0.6) is 5.75 Å². The van der Waals surface area contributed by atoms with E-state index in [1.807, 2.05) is 4.90 Å². The number of carbonyl (C=O) groups is 1. The smallest absolute Gasteiger partial charge is 0.270 e. The minimum atomic E-state index is -0.506. The lowest BCUT2D eigenvalue weighted by atomic mass is 10.2. The first-order valence-electron chi connectivity index (χ1n) is 7.04. The molecule has 0 unspecified atom stereocenters. The van der Waals surface area contributed by atoms with Crippen LogP contribution in [0.1, 0.15) is 5.56 Å². The molecule has 1 aromatic rings. The van der Waals surface area contributed by atoms with Gasteiger partial charge in [0.1, 0.15) is 5.75 Å². The van der Waals surface area contributed by atoms with E-state index in [-0.39, 0.29) is 18.1 Å². The predicted molar refractivity (Wildman–Crippen MR) is 82.6 cm³/mol. The molecule has 0 spiro atoms. The summed E-state index contributed by atoms with van der Waals surface area (Å²) >= 11 is 0. The Bertz CT molecular complexity index is 599. The largest absolute Gasteiger partial charge is 0.496 e. The Hall–Kier alpha value is -2.52. The van der Waals surface area contributed by atoms with E-state index in [2.05, 4.69) is 10.5 Å². The van der Waals surface area contributed by atoms with E-state index in [0.717, 1.165) is 0 Å². The molecule has 0 aromatic heterocycles. The van der Waals surface area contributed by atoms with Crippen LogP contribution >= 0.6 is 0 Å². The molecule has 0 aliphatic carbocycles. The van der Waals surface area contributed by atoms with Gasteiger partial charge in [0, 0.05) is 30.8 Å². The lowest BCUT2D eigenvalue weighted by Crippen LogP contribution is -2.42. The van der Waals surface area contributed by atoms with Gasteiger partial charge in [-0.15, -0.1) is 0 Å². The van der Waals surface area contributed by atoms with Gasteiger partial charge in [0.2, 0.25) is 0 Å². The van der Waals surface area contributed by atoms with Gasteiger partial charge in [-0.1, -0.05) is 0 Å². The average Bonchev–Trinajstić information content (AvgIpc) is 2.55. The number of benzene rings is 1. The molecule has 0 atom stereocenters. The Morgan fingerprint density at radius 2 is 2.26 bits per heavy atom. The van der Waals surface area contributed by atoms with Gasteiger partial charge in [0.05, 0.1) is 38.0 Å². The molecule has 1 fully saturated rings. The fourth-order valence-corrected chi connectivity index (χ4v) is 2.11. The topological polar surface area (TPSA) is 106 Å². The second-order valence-electron chi connectivity index (χ2n) is 4.87. The number of amides is 1. The van der Waals surface area contributed by atoms with Crippen LogP contribution in [0.2, 0.25) is 0 Å². The van der Waals surface area contributed by atoms with Crippen LogP contribution in [0.25, 0.3) is 0 Å². The maximum Gasteiger partial charge on any atom is 0.270 e. The second-order valence-corrected chi connectivity index (χ2v) is 4.87. The molecule has 1 aliphatic rings. The maximum atomic E-state index is 11.8. The SMILES string of the molecule is COc1ccc([N+](=O)[O-])cc1/C=N\NC(=O)CN1CCOCC1. The summed E-state index contributed by atoms with van der Waals surface area (Å²) in [5.74, 6) is 0.175. The van der Waals surface area contributed by atoms with Crippen molar-refractivity contribution in [3.8, 4) is 5.75 Å². The Balaban J connectivity index is 1.94. The summed E-state index contributed by atoms with van der Waals surface area (Å²) in [6.07, 6.45) is 1.32. The quantitative estimate of drug-likeness (QED) is 0.461. The molecule has 1 aliphatic heterocycles. The van der Waals surface area contributed by atoms with Gasteiger partial charge >= 0.3 is 0 Å². The zero-order chi connectivity index (χ0) is 16.7. The Morgan fingerprint density at radius 3 is 2.91 bits per heavy atom. The lowest BCUT2D eigenvalue weighted by Gasteiger charge is -2.25. The van der Waals surface area contributed by atoms with Crippen LogP contribution in [0.4, 0.5) is 5.69 Å². The van der Waals surface area contributed by atoms with Gasteiger partial charge in [0.25, 0.3) is 11.6 Å². The molecule has 1 amide bonds. The first-order chi connectivity index (χ1) is 11.1. The van der Waals surface area contributed by atoms with E-state index >= 15 is 0 Å². The zero-order valence-corrected chi connectivity index (χ0v) is 12.7. The summed E-state index contributed by atoms with van der Waals surface area (Å²) < 4.78 is 10.3. The average molecular weight is 322 g/mol. The fraction of sp³-hybridized carbons (Fsp3) is 0.429. The molecule has 0 saturated carbocycles. The van der Waals surface area contributed by atoms with Gasteiger partial charge in [-0.3, -0.25) is 19.8 Å². The van der Waals surface area contributed by atoms with Crippen LogP contribution < -0.4 is 10.2 Å². The van der Waals surface area contributed by atoms with Crippen molar-refractivity contribution < 1.29 is 19.2 Å². The zero-order valence-electron chi connectivity index (χ0n) is 12.7. The summed E-state index contributed by atoms with van der Waals surface area (Å²) in [5, 5.41) is 14.6. The standard InChI is InChI=1S/C14H18N4O5/c1-22-13-3-2-12(18(20)21)8-11(13)9-15-16-14(19)10-17-4-6-23-7-5-17/h2-3,8-9H,4-7,10H2,1H3,(H,16,19)/b15-9-. The molecule has 124 valence electrons. The van der Waals surface area contributed by atoms with Crippen LogP contribution in [0.3, 0.4) is 0 Å². The van der Waals surface area contributed by atoms with Gasteiger partial charge in [-0.2, -0.15) is 5.10 Å². The highest BCUT2D eigenvalue weighted by Crippen LogP contribution is 2.22. The van der Waals surface area contributed by atoms with Crippen LogP contribution in [0, 0.1) is 10.1 Å². The lowest BCUT2D eigenvalue weighted by molar-refractivity contribution is -0.384. The van der Waals surface area contributed by atoms with Crippen molar-refractivity contribution in [2.45, 2.75) is 0 Å². The first-order valence-corrected chi connectivity index (χ1v) is 7.04. The minimum Gasteiger partial charge on any atom is -0.496 e. The highest BCUT2D eigenvalue weighted by atomic mass is 16.6. The molecule has 2 rings (SSSR count). The molecule has 1 aromatic carbocycles. The summed E-state index contributed by atoms with van der Waals surface area (Å²) in [7, 11) is 1.45. The van der Waals surface area contributed by atoms with E-state index in [0.29, 0.717) is 37.6 Å². The van der Waals surface area contributed by atoms with E-state index < -0.39 is 4.92 Å². The van der Waals surface area contributed by atoms with E-state index in [1.165, 1.54) is 31.5 Å². The first kappa shape index (κ1) is 16.8. The summed E-state index contributed by atoms with van der Waals surface area (Å²) in [4.78, 5) is 24.0. The van der Waals surface area contributed by atoms with Crippen LogP contribution in [0.15, 0.2) is 23.3 Å². The number of ether oxygens (including phenoxy) is 2. The molecule has 0 radical (unpaired) electrons. The molecule has 0 bridgehead atoms. The molecule has 1 N–H and O–H groups in total. The van der Waals surface area contributed by atoms with Gasteiger partial charge in [-0.25, -0.2) is 5.43 Å². The van der Waals surface area contributed by atoms with Crippen molar-refractivity contribution in [3.05, 3.63) is 33.9 Å². The van der Waals surface area contributed by atoms with Crippen molar-refractivity contribution in [1.82, 2.24) is 10.3 Å². The number of methoxy groups -OCH3 is 1. The van der Waals surface area contributed by atoms with Gasteiger partial charge in [-0.05, 0) is 6.07 Å². The molecule has 9 nitrogen and oxygen atoms in total. The molecular weight excluding hydrogens is 304 g/mol. The molecule has 1 heterocycles. The summed E-state index contributed by atoms with van der Waals surface area (Å²) in [6.45, 7) is 2.86. The van der Waals surface area contributed by atoms with Crippen molar-refractivity contribution in [1.29, 1.82) is 0 Å². The number of hydrazone groups is 1. The Kier molecular flexibility index (Phi) is 6.01. The van der Waals surface area contributed by atoms with E-state index in [9.17, 15) is 14.9 Å². The third-order valence-electron chi connectivity index (χ3n) is 3.29. The second kappa shape index (κ2) is 8.20. The van der Waals surface area contributed by atoms with Gasteiger partial charge < -0.3 is 9.47 Å². The molecule has 23 heavy (non-hydrogen) atoms. The molecule has 1 saturated heterocycles. The monoisotopic (exact) mass is 322 g/mol. The van der Waals surface area contributed by atoms with Crippen molar-refractivity contribution >= 4 is 17.8 Å². The third kappa shape index (κ3) is 5.01. The predicted octanol–water partition coefficient (Wildman–Crippen LogP) is 0.386. The van der Waals surface area contributed by atoms with Crippen molar-refractivity contribution in [2.24, 2.45) is 5.10 Å². The highest BCUT2D eigenvalue weighted by molar-refractivity contribution is 5.86. The molecular formula is C14H18N4O5. The summed E-state index contributed by atoms with van der Waals surface area (Å²) in [6, 6.07) is 4.15. The fourth-order valence-electron chi connectivity index (χ4n) is 2.11. The number of hydrogen-bond acceptors (Lipinski definition) is 7. The Morgan fingerprint density at radius 1 is 1.52 bits per heavy atom. The number of morpholine rings is 1. The van der Waals surface area contributed by atoms with Crippen LogP contribution in [-0.2, 0) is 9.53 Å². The number of nitro groups is 1. The molecule has 9 heteroatoms. The van der Waals surface area contributed by atoms with Gasteiger partial charge in [0.15, 0.2) is 0 Å². The van der Waals surface area contributed by atoms with Crippen molar-refractivity contribution in [2.75, 3.05) is 40.0 Å². The minimum absolute atomic E-state index is 0.0770. The number of carbonyl (C=O) groups excluding carboxylic acids is 1. The Labute approximate surface area is 133 Å².